The Morgan fingerprint density at radius 3 is 1.00 bits per heavy atom. The maximum Gasteiger partial charge on any atom is 0.248 e. The summed E-state index contributed by atoms with van der Waals surface area (Å²) in [6.45, 7) is 0. The van der Waals surface area contributed by atoms with Crippen molar-refractivity contribution in [3.63, 3.8) is 0 Å². The van der Waals surface area contributed by atoms with Crippen molar-refractivity contribution in [2.45, 2.75) is 0 Å². The zero-order valence-corrected chi connectivity index (χ0v) is 64.2. The van der Waals surface area contributed by atoms with Crippen molar-refractivity contribution < 1.29 is 4.42 Å². The minimum atomic E-state index is 0.500. The van der Waals surface area contributed by atoms with E-state index in [1.165, 1.54) is 86.0 Å². The Morgan fingerprint density at radius 2 is 0.551 bits per heavy atom. The van der Waals surface area contributed by atoms with Crippen molar-refractivity contribution in [3.8, 4) is 67.8 Å². The van der Waals surface area contributed by atoms with E-state index in [0.29, 0.717) is 11.5 Å². The summed E-state index contributed by atoms with van der Waals surface area (Å²) in [6.07, 6.45) is 0. The SMILES string of the molecule is c1ccc(-c2ccc3c(c2)oc2nc(-n4c5cc6ccccc6cc5c5cc6ccccc6cc54)c(-c4ccc5c6ccccc6n(-c6ccccc6)c5c4)nc23)cc1.c1ccc(-c2ccc3c(c2)sc2nc(-n4c5cc6ccccc6cc5c5cc6ccccc6cc54)c(-c4ccc5c6ccccc6n(-c6ccccc6)c5c4)nc23)cc1. The molecule has 0 aliphatic carbocycles. The van der Waals surface area contributed by atoms with E-state index in [0.717, 1.165) is 143 Å². The molecule has 0 unspecified atom stereocenters. The van der Waals surface area contributed by atoms with Crippen LogP contribution in [0.15, 0.2) is 393 Å². The lowest BCUT2D eigenvalue weighted by molar-refractivity contribution is 0.652. The van der Waals surface area contributed by atoms with Crippen molar-refractivity contribution >= 4 is 184 Å². The highest BCUT2D eigenvalue weighted by Gasteiger charge is 2.28. The van der Waals surface area contributed by atoms with Gasteiger partial charge in [-0.1, -0.05) is 273 Å². The molecule has 0 amide bonds. The van der Waals surface area contributed by atoms with Gasteiger partial charge in [-0.2, -0.15) is 4.98 Å². The molecule has 9 nitrogen and oxygen atoms in total. The van der Waals surface area contributed by atoms with E-state index >= 15 is 0 Å². The molecule has 0 aliphatic heterocycles. The summed E-state index contributed by atoms with van der Waals surface area (Å²) in [7, 11) is 0. The number of nitrogens with zero attached hydrogens (tertiary/aromatic N) is 8. The van der Waals surface area contributed by atoms with Crippen LogP contribution >= 0.6 is 11.3 Å². The molecule has 10 heteroatoms. The summed E-state index contributed by atoms with van der Waals surface area (Å²) in [5.74, 6) is 1.53. The van der Waals surface area contributed by atoms with Crippen LogP contribution in [-0.4, -0.2) is 38.2 Å². The molecular formula is C108H64N8OS. The average Bonchev–Trinajstić information content (AvgIpc) is 1.56. The number of furan rings is 1. The first-order valence-electron chi connectivity index (χ1n) is 40.0. The fraction of sp³-hybridized carbons (Fsp3) is 0. The van der Waals surface area contributed by atoms with Crippen LogP contribution < -0.4 is 0 Å². The maximum absolute atomic E-state index is 6.70. The first-order valence-corrected chi connectivity index (χ1v) is 40.8. The highest BCUT2D eigenvalue weighted by Crippen LogP contribution is 2.47. The monoisotopic (exact) mass is 1520 g/mol. The maximum atomic E-state index is 6.70. The fourth-order valence-electron chi connectivity index (χ4n) is 18.6. The van der Waals surface area contributed by atoms with Crippen LogP contribution in [0.1, 0.15) is 0 Å². The molecule has 0 saturated heterocycles. The molecule has 0 radical (unpaired) electrons. The number of thiophene rings is 1. The third-order valence-electron chi connectivity index (χ3n) is 24.1. The third-order valence-corrected chi connectivity index (χ3v) is 25.2. The first kappa shape index (κ1) is 65.9. The number of hydrogen-bond acceptors (Lipinski definition) is 6. The van der Waals surface area contributed by atoms with Gasteiger partial charge in [-0.25, -0.2) is 15.0 Å². The molecule has 26 rings (SSSR count). The quantitative estimate of drug-likeness (QED) is 0.151. The number of aromatic nitrogens is 8. The zero-order chi connectivity index (χ0) is 77.2. The van der Waals surface area contributed by atoms with Crippen LogP contribution in [0, 0.1) is 0 Å². The molecule has 18 aromatic carbocycles. The Bertz CT molecular complexity index is 8000. The van der Waals surface area contributed by atoms with Gasteiger partial charge in [-0.05, 0) is 181 Å². The van der Waals surface area contributed by atoms with Gasteiger partial charge < -0.3 is 13.6 Å². The molecule has 0 N–H and O–H groups in total. The second-order valence-corrected chi connectivity index (χ2v) is 31.9. The van der Waals surface area contributed by atoms with E-state index in [4.69, 9.17) is 24.4 Å². The lowest BCUT2D eigenvalue weighted by atomic mass is 10.0. The number of para-hydroxylation sites is 4. The van der Waals surface area contributed by atoms with Crippen LogP contribution in [0.5, 0.6) is 0 Å². The zero-order valence-electron chi connectivity index (χ0n) is 63.3. The van der Waals surface area contributed by atoms with Gasteiger partial charge in [0.25, 0.3) is 0 Å². The Labute approximate surface area is 678 Å². The van der Waals surface area contributed by atoms with Gasteiger partial charge in [0.05, 0.1) is 44.1 Å². The number of hydrogen-bond donors (Lipinski definition) is 0. The highest BCUT2D eigenvalue weighted by atomic mass is 32.1. The first-order chi connectivity index (χ1) is 58.5. The number of fused-ring (bicyclic) bond motifs is 22. The minimum absolute atomic E-state index is 0.500. The van der Waals surface area contributed by atoms with Crippen molar-refractivity contribution in [1.82, 2.24) is 38.2 Å². The summed E-state index contributed by atoms with van der Waals surface area (Å²) in [6, 6.07) is 139. The van der Waals surface area contributed by atoms with Crippen LogP contribution in [0.4, 0.5) is 0 Å². The largest absolute Gasteiger partial charge is 0.436 e. The van der Waals surface area contributed by atoms with Crippen molar-refractivity contribution in [2.24, 2.45) is 0 Å². The Balaban J connectivity index is 0.000000131. The molecule has 26 aromatic rings. The summed E-state index contributed by atoms with van der Waals surface area (Å²) in [5.41, 5.74) is 22.2. The van der Waals surface area contributed by atoms with E-state index in [2.05, 4.69) is 400 Å². The van der Waals surface area contributed by atoms with Gasteiger partial charge in [0, 0.05) is 81.1 Å². The Hall–Kier alpha value is -15.6. The van der Waals surface area contributed by atoms with Gasteiger partial charge >= 0.3 is 0 Å². The molecule has 0 atom stereocenters. The van der Waals surface area contributed by atoms with Gasteiger partial charge in [-0.3, -0.25) is 9.13 Å². The summed E-state index contributed by atoms with van der Waals surface area (Å²) < 4.78 is 17.3. The van der Waals surface area contributed by atoms with Gasteiger partial charge in [0.1, 0.15) is 32.8 Å². The van der Waals surface area contributed by atoms with Gasteiger partial charge in [-0.15, -0.1) is 11.3 Å². The topological polar surface area (TPSA) is 84.4 Å². The lowest BCUT2D eigenvalue weighted by Gasteiger charge is -2.14. The smallest absolute Gasteiger partial charge is 0.248 e. The minimum Gasteiger partial charge on any atom is -0.436 e. The Morgan fingerprint density at radius 1 is 0.212 bits per heavy atom. The highest BCUT2D eigenvalue weighted by molar-refractivity contribution is 7.25. The molecule has 0 bridgehead atoms. The second-order valence-electron chi connectivity index (χ2n) is 30.8. The summed E-state index contributed by atoms with van der Waals surface area (Å²) >= 11 is 1.72. The van der Waals surface area contributed by atoms with Gasteiger partial charge in [0.2, 0.25) is 5.71 Å². The molecule has 118 heavy (non-hydrogen) atoms. The molecule has 0 saturated carbocycles. The standard InChI is InChI=1S/C54H32N4O.C54H32N4S/c2*1-3-13-33(14-4-1)38-23-26-43-50(32-38)59-54-52(43)55-51(39-24-25-42-41-21-11-12-22-46(41)57(47(42)31-39)40-19-5-2-6-20-40)53(56-54)58-48-29-36-17-9-7-15-34(36)27-44(48)45-28-35-16-8-10-18-37(35)30-49(45)58/h2*1-32H. The molecule has 8 aromatic heterocycles. The van der Waals surface area contributed by atoms with Crippen molar-refractivity contribution in [3.05, 3.63) is 388 Å². The van der Waals surface area contributed by atoms with E-state index < -0.39 is 0 Å². The van der Waals surface area contributed by atoms with E-state index in [1.807, 2.05) is 6.07 Å². The van der Waals surface area contributed by atoms with E-state index in [1.54, 1.807) is 11.3 Å². The third kappa shape index (κ3) is 10.3. The fourth-order valence-corrected chi connectivity index (χ4v) is 19.7. The average molecular weight is 1520 g/mol. The normalized spacial score (nSPS) is 12.1. The predicted molar refractivity (Wildman–Crippen MR) is 493 cm³/mol. The van der Waals surface area contributed by atoms with Crippen molar-refractivity contribution in [1.29, 1.82) is 0 Å². The predicted octanol–water partition coefficient (Wildman–Crippen LogP) is 28.9. The molecule has 0 fully saturated rings. The van der Waals surface area contributed by atoms with E-state index in [-0.39, 0.29) is 0 Å². The number of rotatable bonds is 8. The van der Waals surface area contributed by atoms with Crippen LogP contribution in [0.2, 0.25) is 0 Å². The second kappa shape index (κ2) is 26.0. The Kier molecular flexibility index (Phi) is 14.5. The lowest BCUT2D eigenvalue weighted by Crippen LogP contribution is -2.03. The van der Waals surface area contributed by atoms with Gasteiger partial charge in [0.15, 0.2) is 11.6 Å². The molecule has 0 spiro atoms. The summed E-state index contributed by atoms with van der Waals surface area (Å²) in [4.78, 5) is 23.5. The molecule has 8 heterocycles. The molecule has 548 valence electrons. The number of benzene rings is 18. The van der Waals surface area contributed by atoms with Crippen LogP contribution in [0.3, 0.4) is 0 Å². The van der Waals surface area contributed by atoms with Crippen LogP contribution in [-0.2, 0) is 0 Å². The summed E-state index contributed by atoms with van der Waals surface area (Å²) in [5, 5.41) is 21.1. The molecular weight excluding hydrogens is 1460 g/mol. The van der Waals surface area contributed by atoms with Crippen molar-refractivity contribution in [2.75, 3.05) is 0 Å². The van der Waals surface area contributed by atoms with E-state index in [9.17, 15) is 0 Å². The molecule has 0 aliphatic rings. The van der Waals surface area contributed by atoms with Crippen LogP contribution in [0.25, 0.3) is 241 Å².